The second-order valence-electron chi connectivity index (χ2n) is 9.50. The van der Waals surface area contributed by atoms with Gasteiger partial charge >= 0.3 is 0 Å². The van der Waals surface area contributed by atoms with Gasteiger partial charge in [-0.1, -0.05) is 55.2 Å². The smallest absolute Gasteiger partial charge is 0.269 e. The Morgan fingerprint density at radius 2 is 1.68 bits per heavy atom. The fourth-order valence-corrected chi connectivity index (χ4v) is 4.90. The van der Waals surface area contributed by atoms with Crippen LogP contribution in [0.4, 0.5) is 5.69 Å². The van der Waals surface area contributed by atoms with Gasteiger partial charge in [0.25, 0.3) is 5.91 Å². The number of rotatable bonds is 8. The molecule has 0 radical (unpaired) electrons. The van der Waals surface area contributed by atoms with Crippen molar-refractivity contribution in [2.75, 3.05) is 37.6 Å². The maximum Gasteiger partial charge on any atom is 0.269 e. The van der Waals surface area contributed by atoms with E-state index < -0.39 is 5.91 Å². The molecule has 0 bridgehead atoms. The number of anilines is 1. The van der Waals surface area contributed by atoms with Crippen molar-refractivity contribution in [2.24, 2.45) is 5.73 Å². The summed E-state index contributed by atoms with van der Waals surface area (Å²) in [5.74, 6) is -0.502. The molecule has 180 valence electrons. The zero-order chi connectivity index (χ0) is 24.3. The molecule has 2 N–H and O–H groups in total. The second-order valence-corrected chi connectivity index (χ2v) is 10.4. The normalized spacial score (nSPS) is 15.0. The molecule has 8 heteroatoms. The number of carbonyl (C=O) groups is 1. The summed E-state index contributed by atoms with van der Waals surface area (Å²) in [5.41, 5.74) is 9.00. The summed E-state index contributed by atoms with van der Waals surface area (Å²) in [6, 6.07) is 17.7. The Morgan fingerprint density at radius 3 is 2.32 bits per heavy atom. The van der Waals surface area contributed by atoms with Crippen LogP contribution >= 0.6 is 23.2 Å². The molecule has 3 aromatic rings. The Balaban J connectivity index is 1.42. The molecule has 0 unspecified atom stereocenters. The maximum absolute atomic E-state index is 11.9. The number of hydrogen-bond acceptors (Lipinski definition) is 4. The van der Waals surface area contributed by atoms with E-state index in [9.17, 15) is 4.79 Å². The number of benzene rings is 2. The van der Waals surface area contributed by atoms with Gasteiger partial charge in [0.05, 0.1) is 6.54 Å². The van der Waals surface area contributed by atoms with Crippen LogP contribution in [0.25, 0.3) is 0 Å². The van der Waals surface area contributed by atoms with Crippen molar-refractivity contribution in [3.05, 3.63) is 81.6 Å². The third-order valence-corrected chi connectivity index (χ3v) is 6.95. The number of hydrogen-bond donors (Lipinski definition) is 1. The predicted molar refractivity (Wildman–Crippen MR) is 139 cm³/mol. The van der Waals surface area contributed by atoms with Crippen LogP contribution in [0.5, 0.6) is 0 Å². The van der Waals surface area contributed by atoms with Crippen LogP contribution in [0, 0.1) is 0 Å². The minimum atomic E-state index is -0.502. The molecule has 2 heterocycles. The largest absolute Gasteiger partial charge is 0.369 e. The average molecular weight is 500 g/mol. The number of nitrogens with two attached hydrogens (primary N) is 1. The van der Waals surface area contributed by atoms with Gasteiger partial charge in [0.2, 0.25) is 0 Å². The van der Waals surface area contributed by atoms with E-state index in [2.05, 4.69) is 34.8 Å². The van der Waals surface area contributed by atoms with Gasteiger partial charge in [-0.25, -0.2) is 0 Å². The van der Waals surface area contributed by atoms with Crippen LogP contribution in [0.2, 0.25) is 10.0 Å². The Hall–Kier alpha value is -2.54. The number of carbonyl (C=O) groups excluding carboxylic acids is 1. The standard InChI is InChI=1S/C26H31Cl2N5O/c1-26(2,18-19-6-8-20(27)9-7-19)24-17-23(25(29)34)30-33(24)15-12-31-10-13-32(14-11-31)22-5-3-4-21(28)16-22/h3-9,16-17H,10-15,18H2,1-2H3,(H2,29,34). The Bertz CT molecular complexity index is 1130. The zero-order valence-corrected chi connectivity index (χ0v) is 21.2. The van der Waals surface area contributed by atoms with Crippen LogP contribution in [-0.4, -0.2) is 53.3 Å². The van der Waals surface area contributed by atoms with Gasteiger partial charge in [-0.3, -0.25) is 14.4 Å². The van der Waals surface area contributed by atoms with E-state index in [0.717, 1.165) is 60.6 Å². The number of primary amides is 1. The van der Waals surface area contributed by atoms with Crippen molar-refractivity contribution in [2.45, 2.75) is 32.2 Å². The van der Waals surface area contributed by atoms with E-state index >= 15 is 0 Å². The van der Waals surface area contributed by atoms with Crippen LogP contribution in [0.1, 0.15) is 35.6 Å². The van der Waals surface area contributed by atoms with Gasteiger partial charge in [-0.2, -0.15) is 5.10 Å². The first-order valence-electron chi connectivity index (χ1n) is 11.6. The maximum atomic E-state index is 11.9. The molecule has 1 aliphatic rings. The van der Waals surface area contributed by atoms with Gasteiger partial charge in [-0.15, -0.1) is 0 Å². The lowest BCUT2D eigenvalue weighted by Crippen LogP contribution is -2.47. The molecule has 0 spiro atoms. The van der Waals surface area contributed by atoms with Crippen molar-refractivity contribution in [1.29, 1.82) is 0 Å². The fourth-order valence-electron chi connectivity index (χ4n) is 4.59. The molecule has 2 aromatic carbocycles. The number of amides is 1. The Kier molecular flexibility index (Phi) is 7.51. The molecule has 34 heavy (non-hydrogen) atoms. The number of halogens is 2. The van der Waals surface area contributed by atoms with Crippen molar-refractivity contribution < 1.29 is 4.79 Å². The highest BCUT2D eigenvalue weighted by molar-refractivity contribution is 6.31. The molecule has 0 atom stereocenters. The molecule has 1 amide bonds. The van der Waals surface area contributed by atoms with Crippen LogP contribution in [0.3, 0.4) is 0 Å². The van der Waals surface area contributed by atoms with Gasteiger partial charge < -0.3 is 10.6 Å². The molecular formula is C26H31Cl2N5O. The minimum Gasteiger partial charge on any atom is -0.369 e. The summed E-state index contributed by atoms with van der Waals surface area (Å²) in [7, 11) is 0. The SMILES string of the molecule is CC(C)(Cc1ccc(Cl)cc1)c1cc(C(N)=O)nn1CCN1CCN(c2cccc(Cl)c2)CC1. The van der Waals surface area contributed by atoms with E-state index in [4.69, 9.17) is 28.9 Å². The third kappa shape index (κ3) is 5.93. The summed E-state index contributed by atoms with van der Waals surface area (Å²) in [4.78, 5) is 16.7. The highest BCUT2D eigenvalue weighted by Crippen LogP contribution is 2.29. The quantitative estimate of drug-likeness (QED) is 0.490. The summed E-state index contributed by atoms with van der Waals surface area (Å²) >= 11 is 12.2. The molecule has 1 aromatic heterocycles. The highest BCUT2D eigenvalue weighted by Gasteiger charge is 2.28. The van der Waals surface area contributed by atoms with Crippen LogP contribution < -0.4 is 10.6 Å². The van der Waals surface area contributed by atoms with Gasteiger partial charge in [0.15, 0.2) is 0 Å². The first kappa shape index (κ1) is 24.6. The molecule has 0 aliphatic carbocycles. The molecule has 6 nitrogen and oxygen atoms in total. The molecular weight excluding hydrogens is 469 g/mol. The molecule has 1 saturated heterocycles. The highest BCUT2D eigenvalue weighted by atomic mass is 35.5. The van der Waals surface area contributed by atoms with Crippen molar-refractivity contribution in [1.82, 2.24) is 14.7 Å². The van der Waals surface area contributed by atoms with Crippen LogP contribution in [0.15, 0.2) is 54.6 Å². The van der Waals surface area contributed by atoms with E-state index in [0.29, 0.717) is 12.2 Å². The topological polar surface area (TPSA) is 67.4 Å². The molecule has 4 rings (SSSR count). The monoisotopic (exact) mass is 499 g/mol. The Morgan fingerprint density at radius 1 is 0.971 bits per heavy atom. The minimum absolute atomic E-state index is 0.236. The molecule has 1 fully saturated rings. The van der Waals surface area contributed by atoms with E-state index in [1.165, 1.54) is 5.56 Å². The summed E-state index contributed by atoms with van der Waals surface area (Å²) in [6.07, 6.45) is 0.798. The number of aromatic nitrogens is 2. The van der Waals surface area contributed by atoms with Crippen LogP contribution in [-0.2, 0) is 18.4 Å². The molecule has 0 saturated carbocycles. The van der Waals surface area contributed by atoms with Gasteiger partial charge in [-0.05, 0) is 48.4 Å². The fraction of sp³-hybridized carbons (Fsp3) is 0.385. The van der Waals surface area contributed by atoms with E-state index in [-0.39, 0.29) is 5.41 Å². The van der Waals surface area contributed by atoms with Crippen molar-refractivity contribution in [3.63, 3.8) is 0 Å². The number of nitrogens with zero attached hydrogens (tertiary/aromatic N) is 4. The lowest BCUT2D eigenvalue weighted by Gasteiger charge is -2.36. The summed E-state index contributed by atoms with van der Waals surface area (Å²) in [5, 5.41) is 6.04. The molecule has 1 aliphatic heterocycles. The van der Waals surface area contributed by atoms with E-state index in [1.807, 2.05) is 53.2 Å². The van der Waals surface area contributed by atoms with Crippen molar-refractivity contribution >= 4 is 34.8 Å². The average Bonchev–Trinajstić information content (AvgIpc) is 3.25. The third-order valence-electron chi connectivity index (χ3n) is 6.46. The van der Waals surface area contributed by atoms with E-state index in [1.54, 1.807) is 0 Å². The lowest BCUT2D eigenvalue weighted by molar-refractivity contribution is 0.0994. The second kappa shape index (κ2) is 10.4. The number of piperazine rings is 1. The Labute approximate surface area is 211 Å². The van der Waals surface area contributed by atoms with Gasteiger partial charge in [0, 0.05) is 59.6 Å². The summed E-state index contributed by atoms with van der Waals surface area (Å²) < 4.78 is 1.96. The zero-order valence-electron chi connectivity index (χ0n) is 19.7. The summed E-state index contributed by atoms with van der Waals surface area (Å²) in [6.45, 7) is 9.70. The van der Waals surface area contributed by atoms with Gasteiger partial charge in [0.1, 0.15) is 5.69 Å². The lowest BCUT2D eigenvalue weighted by atomic mass is 9.82. The first-order chi connectivity index (χ1) is 16.2. The first-order valence-corrected chi connectivity index (χ1v) is 12.3. The van der Waals surface area contributed by atoms with Crippen molar-refractivity contribution in [3.8, 4) is 0 Å². The predicted octanol–water partition coefficient (Wildman–Crippen LogP) is 4.63.